The van der Waals surface area contributed by atoms with Gasteiger partial charge in [0.05, 0.1) is 5.41 Å². The highest BCUT2D eigenvalue weighted by atomic mass is 16.5. The molecule has 7 heteroatoms. The fourth-order valence-electron chi connectivity index (χ4n) is 3.46. The lowest BCUT2D eigenvalue weighted by atomic mass is 9.81. The van der Waals surface area contributed by atoms with Gasteiger partial charge in [0.2, 0.25) is 5.91 Å². The van der Waals surface area contributed by atoms with Crippen LogP contribution >= 0.6 is 0 Å². The quantitative estimate of drug-likeness (QED) is 0.547. The zero-order valence-corrected chi connectivity index (χ0v) is 15.8. The number of nitrogens with one attached hydrogen (secondary N) is 2. The molecule has 0 saturated carbocycles. The second-order valence-electron chi connectivity index (χ2n) is 7.13. The van der Waals surface area contributed by atoms with Crippen molar-refractivity contribution in [2.75, 3.05) is 11.9 Å². The highest BCUT2D eigenvalue weighted by molar-refractivity contribution is 6.04. The molecular formula is C21H23N3O4. The van der Waals surface area contributed by atoms with E-state index >= 15 is 0 Å². The van der Waals surface area contributed by atoms with Gasteiger partial charge in [-0.05, 0) is 50.1 Å². The summed E-state index contributed by atoms with van der Waals surface area (Å²) in [4.78, 5) is 38.3. The fourth-order valence-corrected chi connectivity index (χ4v) is 3.46. The van der Waals surface area contributed by atoms with E-state index < -0.39 is 17.4 Å². The highest BCUT2D eigenvalue weighted by Crippen LogP contribution is 2.36. The minimum atomic E-state index is -0.758. The van der Waals surface area contributed by atoms with Gasteiger partial charge in [-0.15, -0.1) is 0 Å². The van der Waals surface area contributed by atoms with Crippen molar-refractivity contribution < 1.29 is 19.6 Å². The Bertz CT molecular complexity index is 882. The standard InChI is InChI=1S/C21H23N3O4/c1-14(18(25)23-28)24-13-12-21(2,20(24)27)16-8-10-17(11-9-16)22-19(26)15-6-4-3-5-7-15/h3-11,14,28H,12-13H2,1-2H3,(H,22,26)(H,23,25). The van der Waals surface area contributed by atoms with Crippen LogP contribution in [0, 0.1) is 0 Å². The monoisotopic (exact) mass is 381 g/mol. The van der Waals surface area contributed by atoms with E-state index in [0.29, 0.717) is 24.2 Å². The van der Waals surface area contributed by atoms with Crippen molar-refractivity contribution in [3.63, 3.8) is 0 Å². The largest absolute Gasteiger partial charge is 0.330 e. The maximum atomic E-state index is 12.9. The lowest BCUT2D eigenvalue weighted by Gasteiger charge is -2.27. The zero-order valence-electron chi connectivity index (χ0n) is 15.8. The zero-order chi connectivity index (χ0) is 20.3. The van der Waals surface area contributed by atoms with Crippen LogP contribution in [0.1, 0.15) is 36.2 Å². The molecule has 2 unspecified atom stereocenters. The SMILES string of the molecule is CC(C(=O)NO)N1CCC(C)(c2ccc(NC(=O)c3ccccc3)cc2)C1=O. The van der Waals surface area contributed by atoms with Crippen LogP contribution in [0.5, 0.6) is 0 Å². The molecule has 2 atom stereocenters. The van der Waals surface area contributed by atoms with Crippen LogP contribution in [0.3, 0.4) is 0 Å². The summed E-state index contributed by atoms with van der Waals surface area (Å²) in [5.41, 5.74) is 2.85. The summed E-state index contributed by atoms with van der Waals surface area (Å²) >= 11 is 0. The molecule has 2 aromatic rings. The summed E-state index contributed by atoms with van der Waals surface area (Å²) in [6.45, 7) is 3.85. The summed E-state index contributed by atoms with van der Waals surface area (Å²) in [6.07, 6.45) is 0.560. The Kier molecular flexibility index (Phi) is 5.46. The minimum Gasteiger partial charge on any atom is -0.330 e. The van der Waals surface area contributed by atoms with E-state index in [1.54, 1.807) is 48.8 Å². The molecule has 1 heterocycles. The van der Waals surface area contributed by atoms with Gasteiger partial charge >= 0.3 is 0 Å². The summed E-state index contributed by atoms with van der Waals surface area (Å²) in [5.74, 6) is -0.979. The number of carbonyl (C=O) groups is 3. The Balaban J connectivity index is 1.73. The van der Waals surface area contributed by atoms with Crippen LogP contribution in [0.25, 0.3) is 0 Å². The first-order valence-electron chi connectivity index (χ1n) is 9.09. The van der Waals surface area contributed by atoms with Gasteiger partial charge in [0.15, 0.2) is 0 Å². The van der Waals surface area contributed by atoms with Crippen LogP contribution in [0.15, 0.2) is 54.6 Å². The van der Waals surface area contributed by atoms with Crippen LogP contribution in [-0.2, 0) is 15.0 Å². The van der Waals surface area contributed by atoms with Gasteiger partial charge in [0.25, 0.3) is 11.8 Å². The number of hydroxylamine groups is 1. The first-order valence-corrected chi connectivity index (χ1v) is 9.09. The molecule has 1 saturated heterocycles. The molecule has 0 spiro atoms. The average molecular weight is 381 g/mol. The number of carbonyl (C=O) groups excluding carboxylic acids is 3. The molecule has 0 radical (unpaired) electrons. The van der Waals surface area contributed by atoms with Gasteiger partial charge in [-0.2, -0.15) is 0 Å². The fraction of sp³-hybridized carbons (Fsp3) is 0.286. The summed E-state index contributed by atoms with van der Waals surface area (Å²) in [6, 6.07) is 15.3. The van der Waals surface area contributed by atoms with E-state index in [-0.39, 0.29) is 11.8 Å². The molecule has 28 heavy (non-hydrogen) atoms. The average Bonchev–Trinajstić information content (AvgIpc) is 3.03. The Morgan fingerprint density at radius 1 is 1.11 bits per heavy atom. The van der Waals surface area contributed by atoms with Gasteiger partial charge < -0.3 is 10.2 Å². The number of rotatable bonds is 5. The molecule has 2 aromatic carbocycles. The van der Waals surface area contributed by atoms with Crippen LogP contribution in [-0.4, -0.2) is 40.4 Å². The third-order valence-corrected chi connectivity index (χ3v) is 5.36. The van der Waals surface area contributed by atoms with Crippen molar-refractivity contribution in [1.82, 2.24) is 10.4 Å². The number of amides is 3. The number of likely N-dealkylation sites (tertiary alicyclic amines) is 1. The van der Waals surface area contributed by atoms with Crippen molar-refractivity contribution in [3.8, 4) is 0 Å². The van der Waals surface area contributed by atoms with Crippen molar-refractivity contribution in [2.24, 2.45) is 0 Å². The molecule has 1 aliphatic heterocycles. The van der Waals surface area contributed by atoms with Gasteiger partial charge in [-0.1, -0.05) is 30.3 Å². The summed E-state index contributed by atoms with van der Waals surface area (Å²) in [5, 5.41) is 11.6. The van der Waals surface area contributed by atoms with Crippen molar-refractivity contribution >= 4 is 23.4 Å². The van der Waals surface area contributed by atoms with Gasteiger partial charge in [0, 0.05) is 17.8 Å². The number of hydrogen-bond donors (Lipinski definition) is 3. The van der Waals surface area contributed by atoms with Crippen molar-refractivity contribution in [2.45, 2.75) is 31.7 Å². The topological polar surface area (TPSA) is 98.7 Å². The third-order valence-electron chi connectivity index (χ3n) is 5.36. The van der Waals surface area contributed by atoms with E-state index in [2.05, 4.69) is 5.32 Å². The molecular weight excluding hydrogens is 358 g/mol. The predicted octanol–water partition coefficient (Wildman–Crippen LogP) is 2.32. The Labute approximate surface area is 163 Å². The molecule has 146 valence electrons. The number of benzene rings is 2. The normalized spacial score (nSPS) is 20.0. The van der Waals surface area contributed by atoms with E-state index in [1.165, 1.54) is 4.90 Å². The Hall–Kier alpha value is -3.19. The molecule has 0 aliphatic carbocycles. The van der Waals surface area contributed by atoms with Crippen LogP contribution in [0.2, 0.25) is 0 Å². The van der Waals surface area contributed by atoms with Gasteiger partial charge in [0.1, 0.15) is 6.04 Å². The molecule has 3 rings (SSSR count). The molecule has 0 aromatic heterocycles. The van der Waals surface area contributed by atoms with Crippen LogP contribution < -0.4 is 10.8 Å². The second kappa shape index (κ2) is 7.82. The maximum Gasteiger partial charge on any atom is 0.265 e. The summed E-state index contributed by atoms with van der Waals surface area (Å²) < 4.78 is 0. The smallest absolute Gasteiger partial charge is 0.265 e. The maximum absolute atomic E-state index is 12.9. The van der Waals surface area contributed by atoms with E-state index in [9.17, 15) is 14.4 Å². The first kappa shape index (κ1) is 19.6. The summed E-state index contributed by atoms with van der Waals surface area (Å²) in [7, 11) is 0. The van der Waals surface area contributed by atoms with Crippen molar-refractivity contribution in [3.05, 3.63) is 65.7 Å². The van der Waals surface area contributed by atoms with E-state index in [1.807, 2.05) is 25.1 Å². The predicted molar refractivity (Wildman–Crippen MR) is 104 cm³/mol. The molecule has 3 N–H and O–H groups in total. The third kappa shape index (κ3) is 3.61. The lowest BCUT2D eigenvalue weighted by molar-refractivity contribution is -0.143. The minimum absolute atomic E-state index is 0.162. The van der Waals surface area contributed by atoms with E-state index in [0.717, 1.165) is 5.56 Å². The molecule has 1 aliphatic rings. The lowest BCUT2D eigenvalue weighted by Crippen LogP contribution is -2.47. The number of anilines is 1. The Morgan fingerprint density at radius 3 is 2.36 bits per heavy atom. The highest BCUT2D eigenvalue weighted by Gasteiger charge is 2.46. The van der Waals surface area contributed by atoms with Gasteiger partial charge in [-0.25, -0.2) is 5.48 Å². The number of hydrogen-bond acceptors (Lipinski definition) is 4. The first-order chi connectivity index (χ1) is 13.4. The second-order valence-corrected chi connectivity index (χ2v) is 7.13. The Morgan fingerprint density at radius 2 is 1.75 bits per heavy atom. The molecule has 1 fully saturated rings. The van der Waals surface area contributed by atoms with Crippen LogP contribution in [0.4, 0.5) is 5.69 Å². The van der Waals surface area contributed by atoms with Gasteiger partial charge in [-0.3, -0.25) is 19.6 Å². The van der Waals surface area contributed by atoms with E-state index in [4.69, 9.17) is 5.21 Å². The molecule has 7 nitrogen and oxygen atoms in total. The molecule has 0 bridgehead atoms. The van der Waals surface area contributed by atoms with Crippen molar-refractivity contribution in [1.29, 1.82) is 0 Å². The number of nitrogens with zero attached hydrogens (tertiary/aromatic N) is 1. The molecule has 3 amide bonds.